The molecule has 204 valence electrons. The number of likely N-dealkylation sites (tertiary alicyclic amines) is 1. The van der Waals surface area contributed by atoms with Crippen LogP contribution in [0.15, 0.2) is 0 Å². The van der Waals surface area contributed by atoms with Crippen LogP contribution in [0.2, 0.25) is 0 Å². The molecule has 0 aromatic rings. The van der Waals surface area contributed by atoms with Crippen molar-refractivity contribution in [3.63, 3.8) is 0 Å². The summed E-state index contributed by atoms with van der Waals surface area (Å²) in [5.74, 6) is -0.00709. The summed E-state index contributed by atoms with van der Waals surface area (Å²) >= 11 is 0. The van der Waals surface area contributed by atoms with Crippen LogP contribution in [0.25, 0.3) is 0 Å². The highest BCUT2D eigenvalue weighted by Gasteiger charge is 2.71. The predicted octanol–water partition coefficient (Wildman–Crippen LogP) is 4.12. The lowest BCUT2D eigenvalue weighted by atomic mass is 9.49. The van der Waals surface area contributed by atoms with Crippen molar-refractivity contribution in [2.75, 3.05) is 7.05 Å². The molecule has 37 heavy (non-hydrogen) atoms. The highest BCUT2D eigenvalue weighted by atomic mass is 16.6. The first-order valence-electron chi connectivity index (χ1n) is 14.7. The number of carbonyl (C=O) groups excluding carboxylic acids is 3. The lowest BCUT2D eigenvalue weighted by molar-refractivity contribution is -0.189. The van der Waals surface area contributed by atoms with E-state index in [1.54, 1.807) is 0 Å². The van der Waals surface area contributed by atoms with Crippen LogP contribution in [-0.4, -0.2) is 59.2 Å². The van der Waals surface area contributed by atoms with Gasteiger partial charge in [0.2, 0.25) is 0 Å². The van der Waals surface area contributed by atoms with Crippen molar-refractivity contribution in [1.29, 1.82) is 0 Å². The minimum atomic E-state index is -0.573. The van der Waals surface area contributed by atoms with E-state index in [1.807, 2.05) is 0 Å². The summed E-state index contributed by atoms with van der Waals surface area (Å²) in [6.45, 7) is 8.74. The van der Waals surface area contributed by atoms with Crippen LogP contribution in [0.5, 0.6) is 0 Å². The zero-order chi connectivity index (χ0) is 26.1. The van der Waals surface area contributed by atoms with E-state index in [-0.39, 0.29) is 52.3 Å². The Labute approximate surface area is 220 Å². The second-order valence-electron chi connectivity index (χ2n) is 15.2. The van der Waals surface area contributed by atoms with E-state index in [0.29, 0.717) is 24.2 Å². The normalized spacial score (nSPS) is 48.8. The summed E-state index contributed by atoms with van der Waals surface area (Å²) in [6, 6.07) is 0. The molecular formula is C30H43NO6. The fourth-order valence-electron chi connectivity index (χ4n) is 10.7. The molecule has 8 fully saturated rings. The topological polar surface area (TPSA) is 82.1 Å². The lowest BCUT2D eigenvalue weighted by Gasteiger charge is -2.55. The maximum Gasteiger partial charge on any atom is 0.312 e. The fourth-order valence-corrected chi connectivity index (χ4v) is 10.7. The van der Waals surface area contributed by atoms with Crippen LogP contribution in [0, 0.1) is 46.8 Å². The van der Waals surface area contributed by atoms with Gasteiger partial charge in [-0.2, -0.15) is 0 Å². The van der Waals surface area contributed by atoms with E-state index < -0.39 is 24.0 Å². The van der Waals surface area contributed by atoms with Gasteiger partial charge in [0, 0.05) is 35.8 Å². The van der Waals surface area contributed by atoms with Gasteiger partial charge in [-0.3, -0.25) is 19.3 Å². The van der Waals surface area contributed by atoms with Gasteiger partial charge in [0.15, 0.2) is 0 Å². The third-order valence-corrected chi connectivity index (χ3v) is 12.1. The molecule has 6 unspecified atom stereocenters. The second kappa shape index (κ2) is 7.73. The van der Waals surface area contributed by atoms with Crippen LogP contribution in [-0.2, 0) is 28.6 Å². The highest BCUT2D eigenvalue weighted by Crippen LogP contribution is 2.63. The summed E-state index contributed by atoms with van der Waals surface area (Å²) < 4.78 is 18.3. The molecule has 8 aliphatic rings. The molecule has 6 bridgehead atoms. The third kappa shape index (κ3) is 3.50. The Balaban J connectivity index is 1.09. The first kappa shape index (κ1) is 24.4. The van der Waals surface area contributed by atoms with Crippen molar-refractivity contribution < 1.29 is 28.6 Å². The van der Waals surface area contributed by atoms with E-state index in [9.17, 15) is 14.4 Å². The Morgan fingerprint density at radius 1 is 0.838 bits per heavy atom. The monoisotopic (exact) mass is 513 g/mol. The number of rotatable bonds is 4. The van der Waals surface area contributed by atoms with Crippen molar-refractivity contribution in [1.82, 2.24) is 4.90 Å². The first-order valence-corrected chi connectivity index (χ1v) is 14.7. The molecule has 8 rings (SSSR count). The smallest absolute Gasteiger partial charge is 0.312 e. The maximum absolute atomic E-state index is 13.8. The van der Waals surface area contributed by atoms with E-state index in [1.165, 1.54) is 19.3 Å². The standard InChI is InChI=1S/C30H43NO6/c1-28(2)13-18(14-29(3,4)31(28)5)35-25(32)21-20-9-19-22(21)26(33)36-23(19)24(20)37-27(34)30-10-15-6-16(11-30)8-17(7-15)12-30/h15-24H,6-14H2,1-5H3. The van der Waals surface area contributed by atoms with Crippen LogP contribution in [0.4, 0.5) is 0 Å². The Kier molecular flexibility index (Phi) is 5.10. The number of hydrogen-bond donors (Lipinski definition) is 0. The van der Waals surface area contributed by atoms with Crippen molar-refractivity contribution in [3.05, 3.63) is 0 Å². The van der Waals surface area contributed by atoms with Crippen LogP contribution in [0.3, 0.4) is 0 Å². The van der Waals surface area contributed by atoms with Gasteiger partial charge >= 0.3 is 17.9 Å². The van der Waals surface area contributed by atoms with Gasteiger partial charge in [-0.15, -0.1) is 0 Å². The summed E-state index contributed by atoms with van der Waals surface area (Å²) in [4.78, 5) is 42.8. The van der Waals surface area contributed by atoms with E-state index in [4.69, 9.17) is 14.2 Å². The minimum absolute atomic E-state index is 0.0467. The molecule has 0 aromatic carbocycles. The SMILES string of the molecule is CN1C(C)(C)CC(OC(=O)C2C3CC4C(OC(=O)C42)C3OC(=O)C23CC4CC(CC(C4)C2)C3)CC1(C)C. The average Bonchev–Trinajstić information content (AvgIpc) is 3.40. The van der Waals surface area contributed by atoms with Gasteiger partial charge in [0.25, 0.3) is 0 Å². The van der Waals surface area contributed by atoms with Gasteiger partial charge in [0.05, 0.1) is 17.3 Å². The number of nitrogens with zero attached hydrogens (tertiary/aromatic N) is 1. The molecule has 2 aliphatic heterocycles. The molecule has 2 saturated heterocycles. The van der Waals surface area contributed by atoms with Crippen molar-refractivity contribution in [2.24, 2.45) is 46.8 Å². The number of esters is 3. The molecule has 7 nitrogen and oxygen atoms in total. The summed E-state index contributed by atoms with van der Waals surface area (Å²) in [5.41, 5.74) is -0.566. The molecule has 7 heteroatoms. The molecule has 0 radical (unpaired) electrons. The number of fused-ring (bicyclic) bond motifs is 1. The van der Waals surface area contributed by atoms with E-state index >= 15 is 0 Å². The summed E-state index contributed by atoms with van der Waals surface area (Å²) in [7, 11) is 2.13. The van der Waals surface area contributed by atoms with E-state index in [0.717, 1.165) is 32.1 Å². The number of ether oxygens (including phenoxy) is 3. The zero-order valence-corrected chi connectivity index (χ0v) is 23.0. The molecule has 0 amide bonds. The van der Waals surface area contributed by atoms with Gasteiger partial charge in [0.1, 0.15) is 18.3 Å². The van der Waals surface area contributed by atoms with Crippen LogP contribution in [0.1, 0.15) is 85.5 Å². The molecule has 6 aliphatic carbocycles. The van der Waals surface area contributed by atoms with Gasteiger partial charge in [-0.05, 0) is 97.4 Å². The van der Waals surface area contributed by atoms with Gasteiger partial charge in [-0.25, -0.2) is 0 Å². The Morgan fingerprint density at radius 2 is 1.41 bits per heavy atom. The van der Waals surface area contributed by atoms with Gasteiger partial charge in [-0.1, -0.05) is 0 Å². The molecule has 6 saturated carbocycles. The van der Waals surface area contributed by atoms with Crippen LogP contribution >= 0.6 is 0 Å². The molecule has 0 spiro atoms. The van der Waals surface area contributed by atoms with Crippen molar-refractivity contribution in [3.8, 4) is 0 Å². The van der Waals surface area contributed by atoms with Crippen molar-refractivity contribution >= 4 is 17.9 Å². The predicted molar refractivity (Wildman–Crippen MR) is 134 cm³/mol. The molecule has 2 heterocycles. The third-order valence-electron chi connectivity index (χ3n) is 12.1. The molecular weight excluding hydrogens is 470 g/mol. The summed E-state index contributed by atoms with van der Waals surface area (Å²) in [5, 5.41) is 0. The average molecular weight is 514 g/mol. The molecule has 0 aromatic heterocycles. The highest BCUT2D eigenvalue weighted by molar-refractivity contribution is 5.86. The number of hydrogen-bond acceptors (Lipinski definition) is 7. The minimum Gasteiger partial charge on any atom is -0.462 e. The van der Waals surface area contributed by atoms with Crippen LogP contribution < -0.4 is 0 Å². The quantitative estimate of drug-likeness (QED) is 0.413. The second-order valence-corrected chi connectivity index (χ2v) is 15.2. The number of piperidine rings is 1. The lowest BCUT2D eigenvalue weighted by Crippen LogP contribution is -2.60. The Morgan fingerprint density at radius 3 is 1.97 bits per heavy atom. The first-order chi connectivity index (χ1) is 17.4. The maximum atomic E-state index is 13.8. The van der Waals surface area contributed by atoms with Gasteiger partial charge < -0.3 is 14.2 Å². The summed E-state index contributed by atoms with van der Waals surface area (Å²) in [6.07, 6.45) is 7.71. The zero-order valence-electron chi connectivity index (χ0n) is 23.0. The molecule has 0 N–H and O–H groups in total. The largest absolute Gasteiger partial charge is 0.462 e. The van der Waals surface area contributed by atoms with E-state index in [2.05, 4.69) is 39.6 Å². The Bertz CT molecular complexity index is 980. The van der Waals surface area contributed by atoms with Crippen molar-refractivity contribution in [2.45, 2.75) is 115 Å². The fraction of sp³-hybridized carbons (Fsp3) is 0.900. The Hall–Kier alpha value is -1.63. The molecule has 6 atom stereocenters. The number of carbonyl (C=O) groups is 3.